The molecule has 10 heteroatoms. The van der Waals surface area contributed by atoms with Crippen molar-refractivity contribution in [3.05, 3.63) is 31.2 Å². The quantitative estimate of drug-likeness (QED) is 0.333. The first-order chi connectivity index (χ1) is 7.29. The van der Waals surface area contributed by atoms with Crippen LogP contribution in [0.5, 0.6) is 0 Å². The summed E-state index contributed by atoms with van der Waals surface area (Å²) in [4.78, 5) is 21.4. The first-order valence-corrected chi connectivity index (χ1v) is 5.08. The molecule has 1 aromatic carbocycles. The van der Waals surface area contributed by atoms with Gasteiger partial charge in [-0.05, 0) is 0 Å². The van der Waals surface area contributed by atoms with Crippen LogP contribution in [0.15, 0.2) is 0 Å². The topological polar surface area (TPSA) is 80.3 Å². The molecule has 0 aliphatic heterocycles. The van der Waals surface area contributed by atoms with Crippen LogP contribution in [-0.2, 0) is 44.8 Å². The van der Waals surface area contributed by atoms with Crippen LogP contribution in [0.1, 0.15) is 20.7 Å². The molecule has 106 valence electrons. The number of hydrogen-bond donors (Lipinski definition) is 0. The Morgan fingerprint density at radius 3 is 1.06 bits per heavy atom. The summed E-state index contributed by atoms with van der Waals surface area (Å²) in [5.74, 6) is -3.69. The van der Waals surface area contributed by atoms with Crippen molar-refractivity contribution in [2.24, 2.45) is 0 Å². The fourth-order valence-corrected chi connectivity index (χ4v) is 2.02. The van der Waals surface area contributed by atoms with Gasteiger partial charge in [-0.25, -0.2) is 0 Å². The second-order valence-electron chi connectivity index (χ2n) is 2.58. The van der Waals surface area contributed by atoms with Gasteiger partial charge < -0.3 is 19.8 Å². The van der Waals surface area contributed by atoms with Crippen LogP contribution in [-0.4, -0.2) is 11.9 Å². The maximum atomic E-state index is 10.7. The largest absolute Gasteiger partial charge is 1.00 e. The predicted molar refractivity (Wildman–Crippen MR) is 55.1 cm³/mol. The third-order valence-electron chi connectivity index (χ3n) is 1.68. The minimum absolute atomic E-state index is 0. The molecular formula is C8Ag2Cl4O4. The molecule has 0 saturated heterocycles. The molecule has 0 aromatic heterocycles. The number of halogens is 4. The van der Waals surface area contributed by atoms with E-state index < -0.39 is 33.1 Å². The minimum atomic E-state index is -1.84. The number of rotatable bonds is 2. The molecule has 4 nitrogen and oxygen atoms in total. The number of hydrogen-bond acceptors (Lipinski definition) is 4. The van der Waals surface area contributed by atoms with Crippen LogP contribution >= 0.6 is 46.4 Å². The smallest absolute Gasteiger partial charge is 0.545 e. The van der Waals surface area contributed by atoms with E-state index in [4.69, 9.17) is 46.4 Å². The van der Waals surface area contributed by atoms with E-state index in [1.165, 1.54) is 0 Å². The van der Waals surface area contributed by atoms with E-state index in [-0.39, 0.29) is 54.8 Å². The van der Waals surface area contributed by atoms with Crippen LogP contribution in [0.2, 0.25) is 20.1 Å². The van der Waals surface area contributed by atoms with Crippen molar-refractivity contribution < 1.29 is 64.6 Å². The number of carbonyl (C=O) groups excluding carboxylic acids is 2. The zero-order valence-electron chi connectivity index (χ0n) is 7.75. The summed E-state index contributed by atoms with van der Waals surface area (Å²) in [7, 11) is 0. The molecule has 0 aliphatic carbocycles. The minimum Gasteiger partial charge on any atom is -0.545 e. The van der Waals surface area contributed by atoms with E-state index >= 15 is 0 Å². The van der Waals surface area contributed by atoms with E-state index in [1.54, 1.807) is 0 Å². The van der Waals surface area contributed by atoms with Gasteiger partial charge in [0.05, 0.1) is 32.0 Å². The fourth-order valence-electron chi connectivity index (χ4n) is 1.02. The molecule has 0 atom stereocenters. The number of carboxylic acids is 2. The van der Waals surface area contributed by atoms with Gasteiger partial charge in [0, 0.05) is 11.1 Å². The third kappa shape index (κ3) is 3.90. The zero-order chi connectivity index (χ0) is 12.6. The van der Waals surface area contributed by atoms with Gasteiger partial charge in [-0.2, -0.15) is 0 Å². The summed E-state index contributed by atoms with van der Waals surface area (Å²) in [6, 6.07) is 0. The Labute approximate surface area is 153 Å². The molecule has 0 radical (unpaired) electrons. The summed E-state index contributed by atoms with van der Waals surface area (Å²) in [6.07, 6.45) is 0. The monoisotopic (exact) mass is 514 g/mol. The van der Waals surface area contributed by atoms with Crippen molar-refractivity contribution in [1.82, 2.24) is 0 Å². The molecule has 0 saturated carbocycles. The van der Waals surface area contributed by atoms with Crippen molar-refractivity contribution in [2.75, 3.05) is 0 Å². The maximum absolute atomic E-state index is 10.7. The van der Waals surface area contributed by atoms with E-state index in [2.05, 4.69) is 0 Å². The summed E-state index contributed by atoms with van der Waals surface area (Å²) in [5, 5.41) is 19.6. The molecule has 0 unspecified atom stereocenters. The Morgan fingerprint density at radius 1 is 0.667 bits per heavy atom. The SMILES string of the molecule is O=C([O-])c1c(Cl)c(Cl)c(Cl)c(Cl)c1C(=O)[O-].[Ag+].[Ag+]. The molecular weight excluding hydrogens is 518 g/mol. The van der Waals surface area contributed by atoms with Gasteiger partial charge >= 0.3 is 44.8 Å². The van der Waals surface area contributed by atoms with Crippen molar-refractivity contribution >= 4 is 58.3 Å². The third-order valence-corrected chi connectivity index (χ3v) is 3.48. The van der Waals surface area contributed by atoms with E-state index in [1.807, 2.05) is 0 Å². The maximum Gasteiger partial charge on any atom is 1.00 e. The number of benzene rings is 1. The van der Waals surface area contributed by atoms with Crippen LogP contribution in [0.3, 0.4) is 0 Å². The Kier molecular flexibility index (Phi) is 9.58. The van der Waals surface area contributed by atoms with Crippen LogP contribution in [0, 0.1) is 0 Å². The van der Waals surface area contributed by atoms with Gasteiger partial charge in [-0.15, -0.1) is 0 Å². The first-order valence-electron chi connectivity index (χ1n) is 3.57. The first kappa shape index (κ1) is 21.1. The number of carboxylic acid groups (broad SMARTS) is 2. The van der Waals surface area contributed by atoms with Crippen molar-refractivity contribution in [3.63, 3.8) is 0 Å². The van der Waals surface area contributed by atoms with Gasteiger partial charge in [0.25, 0.3) is 0 Å². The van der Waals surface area contributed by atoms with Crippen LogP contribution in [0.25, 0.3) is 0 Å². The van der Waals surface area contributed by atoms with Crippen molar-refractivity contribution in [3.8, 4) is 0 Å². The van der Waals surface area contributed by atoms with Gasteiger partial charge in [-0.3, -0.25) is 0 Å². The van der Waals surface area contributed by atoms with E-state index in [0.29, 0.717) is 0 Å². The summed E-state index contributed by atoms with van der Waals surface area (Å²) in [6.45, 7) is 0. The van der Waals surface area contributed by atoms with Crippen molar-refractivity contribution in [1.29, 1.82) is 0 Å². The molecule has 18 heavy (non-hydrogen) atoms. The molecule has 0 bridgehead atoms. The standard InChI is InChI=1S/C8H2Cl4O4.2Ag/c9-3-1(7(13)14)2(8(15)16)4(10)6(12)5(3)11;;/h(H,13,14)(H,15,16);;/q;2*+1/p-2. The Balaban J connectivity index is 0. The Hall–Kier alpha value is 0.801. The average molecular weight is 518 g/mol. The summed E-state index contributed by atoms with van der Waals surface area (Å²) >= 11 is 22.2. The second kappa shape index (κ2) is 8.17. The molecule has 0 spiro atoms. The van der Waals surface area contributed by atoms with E-state index in [0.717, 1.165) is 0 Å². The van der Waals surface area contributed by atoms with Crippen molar-refractivity contribution in [2.45, 2.75) is 0 Å². The van der Waals surface area contributed by atoms with Gasteiger partial charge in [0.2, 0.25) is 0 Å². The molecule has 0 fully saturated rings. The van der Waals surface area contributed by atoms with Crippen LogP contribution < -0.4 is 10.2 Å². The van der Waals surface area contributed by atoms with Crippen LogP contribution in [0.4, 0.5) is 0 Å². The second-order valence-corrected chi connectivity index (χ2v) is 4.09. The van der Waals surface area contributed by atoms with Gasteiger partial charge in [0.15, 0.2) is 0 Å². The van der Waals surface area contributed by atoms with E-state index in [9.17, 15) is 19.8 Å². The van der Waals surface area contributed by atoms with Gasteiger partial charge in [0.1, 0.15) is 0 Å². The molecule has 1 rings (SSSR count). The number of aromatic carboxylic acids is 2. The molecule has 0 aliphatic rings. The predicted octanol–water partition coefficient (Wildman–Crippen LogP) is 1.02. The number of carbonyl (C=O) groups is 2. The Bertz CT molecular complexity index is 462. The fraction of sp³-hybridized carbons (Fsp3) is 0. The van der Waals surface area contributed by atoms with Gasteiger partial charge in [-0.1, -0.05) is 46.4 Å². The Morgan fingerprint density at radius 2 is 0.889 bits per heavy atom. The average Bonchev–Trinajstić information content (AvgIpc) is 2.18. The summed E-state index contributed by atoms with van der Waals surface area (Å²) in [5.41, 5.74) is -1.72. The molecule has 0 heterocycles. The zero-order valence-corrected chi connectivity index (χ0v) is 13.7. The molecule has 0 N–H and O–H groups in total. The normalized spacial score (nSPS) is 9.11. The summed E-state index contributed by atoms with van der Waals surface area (Å²) < 4.78 is 0. The molecule has 0 amide bonds. The molecule has 1 aromatic rings.